The molecule has 0 unspecified atom stereocenters. The quantitative estimate of drug-likeness (QED) is 0.612. The van der Waals surface area contributed by atoms with Crippen LogP contribution in [0.2, 0.25) is 0 Å². The molecular formula is C25H25N3O2. The number of fused-ring (bicyclic) bond motifs is 2. The zero-order chi connectivity index (χ0) is 20.8. The van der Waals surface area contributed by atoms with Crippen LogP contribution >= 0.6 is 0 Å². The third-order valence-electron chi connectivity index (χ3n) is 6.31. The molecule has 2 atom stereocenters. The number of anilines is 1. The highest BCUT2D eigenvalue weighted by Crippen LogP contribution is 2.45. The topological polar surface area (TPSA) is 45.6 Å². The summed E-state index contributed by atoms with van der Waals surface area (Å²) in [6.45, 7) is 4.59. The lowest BCUT2D eigenvalue weighted by Crippen LogP contribution is -2.37. The van der Waals surface area contributed by atoms with Crippen molar-refractivity contribution in [2.75, 3.05) is 25.0 Å². The Kier molecular flexibility index (Phi) is 4.55. The van der Waals surface area contributed by atoms with Gasteiger partial charge in [0.1, 0.15) is 6.04 Å². The van der Waals surface area contributed by atoms with Crippen LogP contribution < -0.4 is 4.90 Å². The van der Waals surface area contributed by atoms with Crippen LogP contribution in [0.5, 0.6) is 0 Å². The maximum atomic E-state index is 13.0. The fourth-order valence-corrected chi connectivity index (χ4v) is 5.03. The number of hydrogen-bond donors (Lipinski definition) is 0. The highest BCUT2D eigenvalue weighted by molar-refractivity contribution is 6.49. The average molecular weight is 399 g/mol. The first-order chi connectivity index (χ1) is 14.6. The van der Waals surface area contributed by atoms with Gasteiger partial charge in [-0.15, -0.1) is 0 Å². The summed E-state index contributed by atoms with van der Waals surface area (Å²) in [7, 11) is 2.13. The first kappa shape index (κ1) is 18.8. The number of ketones is 2. The Hall–Kier alpha value is -3.18. The van der Waals surface area contributed by atoms with Crippen molar-refractivity contribution in [3.05, 3.63) is 89.2 Å². The van der Waals surface area contributed by atoms with Gasteiger partial charge < -0.3 is 9.47 Å². The molecule has 2 aromatic carbocycles. The Labute approximate surface area is 176 Å². The Morgan fingerprint density at radius 3 is 2.53 bits per heavy atom. The molecule has 152 valence electrons. The summed E-state index contributed by atoms with van der Waals surface area (Å²) in [5.74, 6) is -0.698. The normalized spacial score (nSPS) is 19.8. The third-order valence-corrected chi connectivity index (χ3v) is 6.31. The van der Waals surface area contributed by atoms with Crippen LogP contribution in [-0.2, 0) is 11.3 Å². The smallest absolute Gasteiger partial charge is 0.231 e. The number of aromatic nitrogens is 1. The van der Waals surface area contributed by atoms with E-state index < -0.39 is 6.04 Å². The fraction of sp³-hybridized carbons (Fsp3) is 0.280. The molecule has 5 heteroatoms. The SMILES string of the molecule is CCN1c2cccc3c2[C@H](C(=O)C3=O)n2cccc2[C@@H]1CN(C)Cc1ccccc1. The summed E-state index contributed by atoms with van der Waals surface area (Å²) in [6, 6.07) is 19.8. The first-order valence-corrected chi connectivity index (χ1v) is 10.5. The van der Waals surface area contributed by atoms with Crippen molar-refractivity contribution in [2.45, 2.75) is 25.6 Å². The van der Waals surface area contributed by atoms with E-state index in [1.165, 1.54) is 5.56 Å². The molecule has 0 saturated heterocycles. The highest BCUT2D eigenvalue weighted by atomic mass is 16.2. The zero-order valence-electron chi connectivity index (χ0n) is 17.3. The number of Topliss-reactive ketones (excluding diaryl/α,β-unsaturated/α-hetero) is 2. The summed E-state index contributed by atoms with van der Waals surface area (Å²) < 4.78 is 2.02. The maximum Gasteiger partial charge on any atom is 0.231 e. The molecule has 0 saturated carbocycles. The van der Waals surface area contributed by atoms with Gasteiger partial charge in [-0.1, -0.05) is 42.5 Å². The molecule has 0 amide bonds. The largest absolute Gasteiger partial charge is 0.362 e. The summed E-state index contributed by atoms with van der Waals surface area (Å²) in [5.41, 5.74) is 4.77. The summed E-state index contributed by atoms with van der Waals surface area (Å²) >= 11 is 0. The molecule has 0 spiro atoms. The van der Waals surface area contributed by atoms with E-state index in [4.69, 9.17) is 0 Å². The van der Waals surface area contributed by atoms with Gasteiger partial charge in [0.25, 0.3) is 0 Å². The molecule has 0 N–H and O–H groups in total. The minimum atomic E-state index is -0.549. The van der Waals surface area contributed by atoms with E-state index in [9.17, 15) is 9.59 Å². The van der Waals surface area contributed by atoms with Crippen LogP contribution in [0.1, 0.15) is 46.2 Å². The second-order valence-corrected chi connectivity index (χ2v) is 8.16. The van der Waals surface area contributed by atoms with E-state index in [2.05, 4.69) is 60.2 Å². The molecule has 5 nitrogen and oxygen atoms in total. The van der Waals surface area contributed by atoms with Gasteiger partial charge in [0.05, 0.1) is 6.04 Å². The maximum absolute atomic E-state index is 13.0. The second kappa shape index (κ2) is 7.26. The number of rotatable bonds is 5. The van der Waals surface area contributed by atoms with E-state index in [0.29, 0.717) is 5.56 Å². The van der Waals surface area contributed by atoms with Crippen molar-refractivity contribution in [3.8, 4) is 0 Å². The van der Waals surface area contributed by atoms with Crippen LogP contribution in [0.15, 0.2) is 66.9 Å². The summed E-state index contributed by atoms with van der Waals surface area (Å²) in [5, 5.41) is 0. The minimum absolute atomic E-state index is 0.0821. The summed E-state index contributed by atoms with van der Waals surface area (Å²) in [6.07, 6.45) is 1.94. The van der Waals surface area contributed by atoms with Crippen molar-refractivity contribution in [1.82, 2.24) is 9.47 Å². The average Bonchev–Trinajstić information content (AvgIpc) is 3.29. The number of likely N-dealkylation sites (N-methyl/N-ethyl adjacent to an activating group) is 2. The fourth-order valence-electron chi connectivity index (χ4n) is 5.03. The van der Waals surface area contributed by atoms with Gasteiger partial charge >= 0.3 is 0 Å². The van der Waals surface area contributed by atoms with Gasteiger partial charge in [0, 0.05) is 48.3 Å². The van der Waals surface area contributed by atoms with Gasteiger partial charge in [0.15, 0.2) is 0 Å². The van der Waals surface area contributed by atoms with Crippen LogP contribution in [0.25, 0.3) is 0 Å². The molecule has 1 aromatic heterocycles. The molecular weight excluding hydrogens is 374 g/mol. The molecule has 5 rings (SSSR count). The molecule has 0 bridgehead atoms. The third kappa shape index (κ3) is 2.81. The van der Waals surface area contributed by atoms with E-state index in [1.54, 1.807) is 6.07 Å². The lowest BCUT2D eigenvalue weighted by molar-refractivity contribution is -0.116. The summed E-state index contributed by atoms with van der Waals surface area (Å²) in [4.78, 5) is 30.3. The number of carbonyl (C=O) groups is 2. The van der Waals surface area contributed by atoms with Gasteiger partial charge in [-0.3, -0.25) is 14.5 Å². The molecule has 2 aliphatic rings. The number of hydrogen-bond acceptors (Lipinski definition) is 4. The molecule has 1 aliphatic carbocycles. The van der Waals surface area contributed by atoms with E-state index in [-0.39, 0.29) is 17.6 Å². The lowest BCUT2D eigenvalue weighted by Gasteiger charge is -2.35. The van der Waals surface area contributed by atoms with E-state index in [1.807, 2.05) is 29.0 Å². The first-order valence-electron chi connectivity index (χ1n) is 10.5. The highest BCUT2D eigenvalue weighted by Gasteiger charge is 2.45. The Morgan fingerprint density at radius 1 is 0.967 bits per heavy atom. The van der Waals surface area contributed by atoms with E-state index in [0.717, 1.165) is 36.6 Å². The van der Waals surface area contributed by atoms with Gasteiger partial charge in [-0.05, 0) is 37.7 Å². The molecule has 1 aliphatic heterocycles. The van der Waals surface area contributed by atoms with Crippen LogP contribution in [0.3, 0.4) is 0 Å². The van der Waals surface area contributed by atoms with Crippen molar-refractivity contribution in [1.29, 1.82) is 0 Å². The molecule has 2 heterocycles. The lowest BCUT2D eigenvalue weighted by atomic mass is 10.0. The number of benzene rings is 2. The second-order valence-electron chi connectivity index (χ2n) is 8.16. The molecule has 3 aromatic rings. The Morgan fingerprint density at radius 2 is 1.77 bits per heavy atom. The Balaban J connectivity index is 1.58. The van der Waals surface area contributed by atoms with Gasteiger partial charge in [-0.2, -0.15) is 0 Å². The van der Waals surface area contributed by atoms with E-state index >= 15 is 0 Å². The van der Waals surface area contributed by atoms with Crippen LogP contribution in [-0.4, -0.2) is 41.2 Å². The number of carbonyl (C=O) groups excluding carboxylic acids is 2. The molecule has 0 fully saturated rings. The van der Waals surface area contributed by atoms with Crippen LogP contribution in [0, 0.1) is 0 Å². The minimum Gasteiger partial charge on any atom is -0.362 e. The van der Waals surface area contributed by atoms with Gasteiger partial charge in [-0.25, -0.2) is 0 Å². The Bertz CT molecular complexity index is 1120. The van der Waals surface area contributed by atoms with Crippen molar-refractivity contribution >= 4 is 17.3 Å². The number of nitrogens with zero attached hydrogens (tertiary/aromatic N) is 3. The molecule has 30 heavy (non-hydrogen) atoms. The molecule has 0 radical (unpaired) electrons. The standard InChI is InChI=1S/C25H25N3O2/c1-3-27-20-12-7-11-18-22(20)23(25(30)24(18)29)28-14-8-13-19(28)21(27)16-26(2)15-17-9-5-4-6-10-17/h4-14,21,23H,3,15-16H2,1-2H3/t21-,23+/m0/s1. The monoisotopic (exact) mass is 399 g/mol. The van der Waals surface area contributed by atoms with Crippen molar-refractivity contribution in [3.63, 3.8) is 0 Å². The predicted molar refractivity (Wildman–Crippen MR) is 117 cm³/mol. The predicted octanol–water partition coefficient (Wildman–Crippen LogP) is 3.86. The van der Waals surface area contributed by atoms with Crippen LogP contribution in [0.4, 0.5) is 5.69 Å². The zero-order valence-corrected chi connectivity index (χ0v) is 17.3. The van der Waals surface area contributed by atoms with Gasteiger partial charge in [0.2, 0.25) is 11.6 Å². The van der Waals surface area contributed by atoms with Crippen molar-refractivity contribution in [2.24, 2.45) is 0 Å². The van der Waals surface area contributed by atoms with Crippen molar-refractivity contribution < 1.29 is 9.59 Å².